The Bertz CT molecular complexity index is 465. The van der Waals surface area contributed by atoms with Crippen molar-refractivity contribution in [1.29, 1.82) is 0 Å². The van der Waals surface area contributed by atoms with Gasteiger partial charge in [-0.05, 0) is 20.8 Å². The summed E-state index contributed by atoms with van der Waals surface area (Å²) in [5, 5.41) is 8.14. The van der Waals surface area contributed by atoms with Gasteiger partial charge in [-0.1, -0.05) is 13.8 Å². The number of morpholine rings is 1. The van der Waals surface area contributed by atoms with Crippen LogP contribution in [0.3, 0.4) is 0 Å². The molecule has 1 aliphatic rings. The molecular weight excluding hydrogens is 252 g/mol. The fraction of sp³-hybridized carbons (Fsp3) is 0.800. The standard InChI is InChI=1S/C15H28N4O/c1-11(2)16-9-13-12(3)17-18(6)14(13)19-7-8-20-10-15(19,4)5/h11,16H,7-10H2,1-6H3. The summed E-state index contributed by atoms with van der Waals surface area (Å²) in [5.41, 5.74) is 2.42. The van der Waals surface area contributed by atoms with Gasteiger partial charge in [0.15, 0.2) is 0 Å². The Morgan fingerprint density at radius 3 is 2.70 bits per heavy atom. The normalized spacial score (nSPS) is 18.9. The fourth-order valence-electron chi connectivity index (χ4n) is 2.79. The number of hydrogen-bond donors (Lipinski definition) is 1. The lowest BCUT2D eigenvalue weighted by Crippen LogP contribution is -2.54. The molecule has 5 nitrogen and oxygen atoms in total. The van der Waals surface area contributed by atoms with Crippen LogP contribution in [0.4, 0.5) is 5.82 Å². The van der Waals surface area contributed by atoms with Crippen LogP contribution in [0, 0.1) is 6.92 Å². The van der Waals surface area contributed by atoms with E-state index in [-0.39, 0.29) is 5.54 Å². The number of aryl methyl sites for hydroxylation is 2. The van der Waals surface area contributed by atoms with E-state index in [0.29, 0.717) is 6.04 Å². The number of hydrogen-bond acceptors (Lipinski definition) is 4. The van der Waals surface area contributed by atoms with E-state index >= 15 is 0 Å². The molecule has 0 atom stereocenters. The molecule has 0 aromatic carbocycles. The highest BCUT2D eigenvalue weighted by atomic mass is 16.5. The zero-order chi connectivity index (χ0) is 14.9. The summed E-state index contributed by atoms with van der Waals surface area (Å²) in [6.45, 7) is 14.2. The number of nitrogens with zero attached hydrogens (tertiary/aromatic N) is 3. The molecule has 1 fully saturated rings. The Balaban J connectivity index is 2.34. The van der Waals surface area contributed by atoms with Crippen LogP contribution in [-0.4, -0.2) is 41.1 Å². The smallest absolute Gasteiger partial charge is 0.131 e. The maximum atomic E-state index is 5.63. The topological polar surface area (TPSA) is 42.3 Å². The number of rotatable bonds is 4. The lowest BCUT2D eigenvalue weighted by molar-refractivity contribution is 0.0633. The van der Waals surface area contributed by atoms with Crippen molar-refractivity contribution in [3.63, 3.8) is 0 Å². The van der Waals surface area contributed by atoms with Gasteiger partial charge in [0.2, 0.25) is 0 Å². The first-order valence-electron chi connectivity index (χ1n) is 7.44. The van der Waals surface area contributed by atoms with Crippen molar-refractivity contribution in [3.8, 4) is 0 Å². The molecule has 2 heterocycles. The van der Waals surface area contributed by atoms with Crippen molar-refractivity contribution < 1.29 is 4.74 Å². The van der Waals surface area contributed by atoms with Gasteiger partial charge in [0.05, 0.1) is 24.4 Å². The highest BCUT2D eigenvalue weighted by molar-refractivity contribution is 5.52. The lowest BCUT2D eigenvalue weighted by atomic mass is 10.0. The summed E-state index contributed by atoms with van der Waals surface area (Å²) in [5.74, 6) is 1.23. The van der Waals surface area contributed by atoms with E-state index in [0.717, 1.165) is 32.0 Å². The van der Waals surface area contributed by atoms with Crippen LogP contribution in [-0.2, 0) is 18.3 Å². The summed E-state index contributed by atoms with van der Waals surface area (Å²) in [4.78, 5) is 2.44. The zero-order valence-electron chi connectivity index (χ0n) is 13.7. The van der Waals surface area contributed by atoms with Gasteiger partial charge in [-0.25, -0.2) is 0 Å². The van der Waals surface area contributed by atoms with Gasteiger partial charge in [0.25, 0.3) is 0 Å². The van der Waals surface area contributed by atoms with Crippen LogP contribution in [0.5, 0.6) is 0 Å². The number of ether oxygens (including phenoxy) is 1. The van der Waals surface area contributed by atoms with Gasteiger partial charge in [-0.15, -0.1) is 0 Å². The molecule has 1 aromatic heterocycles. The first-order chi connectivity index (χ1) is 9.33. The summed E-state index contributed by atoms with van der Waals surface area (Å²) < 4.78 is 7.65. The third-order valence-electron chi connectivity index (χ3n) is 3.90. The van der Waals surface area contributed by atoms with Crippen molar-refractivity contribution in [2.24, 2.45) is 7.05 Å². The van der Waals surface area contributed by atoms with Gasteiger partial charge in [-0.2, -0.15) is 5.10 Å². The monoisotopic (exact) mass is 280 g/mol. The van der Waals surface area contributed by atoms with Crippen LogP contribution in [0.2, 0.25) is 0 Å². The fourth-order valence-corrected chi connectivity index (χ4v) is 2.79. The minimum Gasteiger partial charge on any atom is -0.377 e. The van der Waals surface area contributed by atoms with E-state index in [4.69, 9.17) is 4.74 Å². The Kier molecular flexibility index (Phi) is 4.39. The van der Waals surface area contributed by atoms with E-state index in [1.54, 1.807) is 0 Å². The molecule has 1 aliphatic heterocycles. The van der Waals surface area contributed by atoms with Crippen LogP contribution < -0.4 is 10.2 Å². The van der Waals surface area contributed by atoms with Crippen LogP contribution in [0.1, 0.15) is 39.0 Å². The molecular formula is C15H28N4O. The molecule has 5 heteroatoms. The lowest BCUT2D eigenvalue weighted by Gasteiger charge is -2.44. The third-order valence-corrected chi connectivity index (χ3v) is 3.90. The molecule has 114 valence electrons. The van der Waals surface area contributed by atoms with Gasteiger partial charge in [0.1, 0.15) is 5.82 Å². The van der Waals surface area contributed by atoms with Crippen molar-refractivity contribution >= 4 is 5.82 Å². The largest absolute Gasteiger partial charge is 0.377 e. The summed E-state index contributed by atoms with van der Waals surface area (Å²) in [6.07, 6.45) is 0. The molecule has 0 radical (unpaired) electrons. The number of aromatic nitrogens is 2. The average molecular weight is 280 g/mol. The Morgan fingerprint density at radius 2 is 2.10 bits per heavy atom. The maximum Gasteiger partial charge on any atom is 0.131 e. The molecule has 0 spiro atoms. The molecule has 0 bridgehead atoms. The Labute approximate surface area is 122 Å². The second kappa shape index (κ2) is 5.74. The second-order valence-corrected chi connectivity index (χ2v) is 6.56. The summed E-state index contributed by atoms with van der Waals surface area (Å²) in [7, 11) is 2.03. The van der Waals surface area contributed by atoms with Gasteiger partial charge in [0, 0.05) is 31.7 Å². The van der Waals surface area contributed by atoms with Gasteiger partial charge < -0.3 is 15.0 Å². The van der Waals surface area contributed by atoms with Gasteiger partial charge in [-0.3, -0.25) is 4.68 Å². The first kappa shape index (κ1) is 15.3. The van der Waals surface area contributed by atoms with E-state index in [1.807, 2.05) is 11.7 Å². The number of nitrogens with one attached hydrogen (secondary N) is 1. The van der Waals surface area contributed by atoms with Crippen LogP contribution >= 0.6 is 0 Å². The molecule has 0 saturated carbocycles. The molecule has 0 unspecified atom stereocenters. The molecule has 20 heavy (non-hydrogen) atoms. The SMILES string of the molecule is Cc1nn(C)c(N2CCOCC2(C)C)c1CNC(C)C. The van der Waals surface area contributed by atoms with E-state index < -0.39 is 0 Å². The molecule has 0 amide bonds. The molecule has 2 rings (SSSR count). The minimum absolute atomic E-state index is 0.00502. The molecule has 1 saturated heterocycles. The molecule has 1 aromatic rings. The number of anilines is 1. The van der Waals surface area contributed by atoms with Crippen LogP contribution in [0.25, 0.3) is 0 Å². The summed E-state index contributed by atoms with van der Waals surface area (Å²) >= 11 is 0. The maximum absolute atomic E-state index is 5.63. The van der Waals surface area contributed by atoms with Crippen molar-refractivity contribution in [3.05, 3.63) is 11.3 Å². The van der Waals surface area contributed by atoms with Crippen LogP contribution in [0.15, 0.2) is 0 Å². The quantitative estimate of drug-likeness (QED) is 0.914. The molecule has 0 aliphatic carbocycles. The predicted octanol–water partition coefficient (Wildman–Crippen LogP) is 1.84. The van der Waals surface area contributed by atoms with Crippen molar-refractivity contribution in [1.82, 2.24) is 15.1 Å². The Hall–Kier alpha value is -1.07. The third kappa shape index (κ3) is 2.99. The zero-order valence-corrected chi connectivity index (χ0v) is 13.7. The first-order valence-corrected chi connectivity index (χ1v) is 7.44. The van der Waals surface area contributed by atoms with E-state index in [9.17, 15) is 0 Å². The average Bonchev–Trinajstić information content (AvgIpc) is 2.61. The van der Waals surface area contributed by atoms with E-state index in [1.165, 1.54) is 11.4 Å². The summed E-state index contributed by atoms with van der Waals surface area (Å²) in [6, 6.07) is 0.472. The highest BCUT2D eigenvalue weighted by Gasteiger charge is 2.34. The highest BCUT2D eigenvalue weighted by Crippen LogP contribution is 2.31. The second-order valence-electron chi connectivity index (χ2n) is 6.56. The van der Waals surface area contributed by atoms with E-state index in [2.05, 4.69) is 49.9 Å². The predicted molar refractivity (Wildman–Crippen MR) is 82.2 cm³/mol. The van der Waals surface area contributed by atoms with Crippen molar-refractivity contribution in [2.45, 2.75) is 52.7 Å². The minimum atomic E-state index is 0.00502. The van der Waals surface area contributed by atoms with Crippen molar-refractivity contribution in [2.75, 3.05) is 24.7 Å². The molecule has 1 N–H and O–H groups in total. The van der Waals surface area contributed by atoms with Gasteiger partial charge >= 0.3 is 0 Å². The Morgan fingerprint density at radius 1 is 1.40 bits per heavy atom.